The first-order chi connectivity index (χ1) is 16.1. The van der Waals surface area contributed by atoms with Crippen LogP contribution in [0.5, 0.6) is 5.75 Å². The summed E-state index contributed by atoms with van der Waals surface area (Å²) in [5.41, 5.74) is 2.69. The first kappa shape index (κ1) is 20.8. The van der Waals surface area contributed by atoms with Crippen molar-refractivity contribution in [3.8, 4) is 5.75 Å². The second kappa shape index (κ2) is 8.78. The minimum absolute atomic E-state index is 0.214. The molecule has 166 valence electrons. The molecule has 0 aliphatic carbocycles. The number of amides is 2. The number of carbonyl (C=O) groups is 3. The number of likely N-dealkylation sites (tertiary alicyclic amines) is 1. The Labute approximate surface area is 190 Å². The Morgan fingerprint density at radius 2 is 1.70 bits per heavy atom. The van der Waals surface area contributed by atoms with Gasteiger partial charge >= 0.3 is 5.97 Å². The number of hydrogen-bond acceptors (Lipinski definition) is 5. The topological polar surface area (TPSA) is 84.9 Å². The molecule has 1 fully saturated rings. The third-order valence-electron chi connectivity index (χ3n) is 5.85. The molecule has 2 aliphatic rings. The van der Waals surface area contributed by atoms with E-state index in [2.05, 4.69) is 5.32 Å². The Kier molecular flexibility index (Phi) is 5.52. The summed E-state index contributed by atoms with van der Waals surface area (Å²) in [6.07, 6.45) is -0.298. The third kappa shape index (κ3) is 4.17. The number of carbonyl (C=O) groups excluding carboxylic acids is 3. The van der Waals surface area contributed by atoms with Gasteiger partial charge in [0.25, 0.3) is 0 Å². The van der Waals surface area contributed by atoms with E-state index in [4.69, 9.17) is 9.47 Å². The molecule has 2 unspecified atom stereocenters. The molecule has 33 heavy (non-hydrogen) atoms. The zero-order valence-electron chi connectivity index (χ0n) is 17.8. The summed E-state index contributed by atoms with van der Waals surface area (Å²) < 4.78 is 11.2. The normalized spacial score (nSPS) is 19.2. The van der Waals surface area contributed by atoms with E-state index in [0.717, 1.165) is 5.56 Å². The highest BCUT2D eigenvalue weighted by atomic mass is 16.6. The van der Waals surface area contributed by atoms with Crippen LogP contribution in [-0.4, -0.2) is 28.7 Å². The number of fused-ring (bicyclic) bond motifs is 1. The zero-order chi connectivity index (χ0) is 22.8. The van der Waals surface area contributed by atoms with Gasteiger partial charge in [-0.1, -0.05) is 48.5 Å². The standard InChI is InChI=1S/C26H22N2O5/c29-23-15-14-22(28(23)25-20-8-4-5-9-21(20)26(31)33-25)24(30)27-18-10-12-19(13-11-18)32-16-17-6-2-1-3-7-17/h1-13,22,25H,14-16H2,(H,27,30). The molecular weight excluding hydrogens is 420 g/mol. The van der Waals surface area contributed by atoms with E-state index in [1.807, 2.05) is 30.3 Å². The summed E-state index contributed by atoms with van der Waals surface area (Å²) in [6.45, 7) is 0.452. The van der Waals surface area contributed by atoms with E-state index in [1.54, 1.807) is 48.5 Å². The van der Waals surface area contributed by atoms with Crippen LogP contribution >= 0.6 is 0 Å². The molecule has 7 nitrogen and oxygen atoms in total. The number of benzene rings is 3. The fraction of sp³-hybridized carbons (Fsp3) is 0.192. The summed E-state index contributed by atoms with van der Waals surface area (Å²) in [7, 11) is 0. The average molecular weight is 442 g/mol. The molecule has 2 heterocycles. The van der Waals surface area contributed by atoms with Gasteiger partial charge in [-0.15, -0.1) is 0 Å². The zero-order valence-corrected chi connectivity index (χ0v) is 17.8. The molecule has 2 atom stereocenters. The molecule has 5 rings (SSSR count). The van der Waals surface area contributed by atoms with Crippen molar-refractivity contribution < 1.29 is 23.9 Å². The Hall–Kier alpha value is -4.13. The lowest BCUT2D eigenvalue weighted by Gasteiger charge is -2.29. The second-order valence-corrected chi connectivity index (χ2v) is 7.99. The molecule has 0 aromatic heterocycles. The van der Waals surface area contributed by atoms with Crippen molar-refractivity contribution in [3.63, 3.8) is 0 Å². The first-order valence-corrected chi connectivity index (χ1v) is 10.8. The van der Waals surface area contributed by atoms with Crippen LogP contribution in [0, 0.1) is 0 Å². The number of nitrogens with zero attached hydrogens (tertiary/aromatic N) is 1. The number of hydrogen-bond donors (Lipinski definition) is 1. The van der Waals surface area contributed by atoms with Gasteiger partial charge in [-0.25, -0.2) is 4.79 Å². The van der Waals surface area contributed by atoms with Crippen molar-refractivity contribution in [2.75, 3.05) is 5.32 Å². The van der Waals surface area contributed by atoms with Crippen LogP contribution in [-0.2, 0) is 20.9 Å². The number of anilines is 1. The van der Waals surface area contributed by atoms with E-state index in [1.165, 1.54) is 4.90 Å². The highest BCUT2D eigenvalue weighted by Crippen LogP contribution is 2.38. The van der Waals surface area contributed by atoms with Gasteiger partial charge in [-0.05, 0) is 42.3 Å². The highest BCUT2D eigenvalue weighted by molar-refractivity contribution is 6.00. The molecule has 1 N–H and O–H groups in total. The second-order valence-electron chi connectivity index (χ2n) is 7.99. The van der Waals surface area contributed by atoms with E-state index >= 15 is 0 Å². The molecule has 3 aromatic carbocycles. The SMILES string of the molecule is O=C1OC(N2C(=O)CCC2C(=O)Nc2ccc(OCc3ccccc3)cc2)c2ccccc21. The smallest absolute Gasteiger partial charge is 0.340 e. The van der Waals surface area contributed by atoms with Gasteiger partial charge in [-0.3, -0.25) is 14.5 Å². The third-order valence-corrected chi connectivity index (χ3v) is 5.85. The molecule has 3 aromatic rings. The lowest BCUT2D eigenvalue weighted by molar-refractivity contribution is -0.144. The lowest BCUT2D eigenvalue weighted by atomic mass is 10.1. The van der Waals surface area contributed by atoms with Crippen molar-refractivity contribution in [2.45, 2.75) is 31.7 Å². The van der Waals surface area contributed by atoms with Crippen LogP contribution in [0.1, 0.15) is 40.6 Å². The van der Waals surface area contributed by atoms with Gasteiger partial charge < -0.3 is 14.8 Å². The number of cyclic esters (lactones) is 1. The Morgan fingerprint density at radius 3 is 2.48 bits per heavy atom. The lowest BCUT2D eigenvalue weighted by Crippen LogP contribution is -2.43. The maximum Gasteiger partial charge on any atom is 0.340 e. The summed E-state index contributed by atoms with van der Waals surface area (Å²) in [6, 6.07) is 23.1. The molecular formula is C26H22N2O5. The fourth-order valence-electron chi connectivity index (χ4n) is 4.19. The quantitative estimate of drug-likeness (QED) is 0.582. The summed E-state index contributed by atoms with van der Waals surface area (Å²) >= 11 is 0. The van der Waals surface area contributed by atoms with Crippen LogP contribution in [0.2, 0.25) is 0 Å². The minimum atomic E-state index is -0.881. The molecule has 7 heteroatoms. The van der Waals surface area contributed by atoms with Crippen LogP contribution in [0.25, 0.3) is 0 Å². The van der Waals surface area contributed by atoms with Gasteiger partial charge in [0.2, 0.25) is 18.0 Å². The highest BCUT2D eigenvalue weighted by Gasteiger charge is 2.46. The van der Waals surface area contributed by atoms with Crippen molar-refractivity contribution in [2.24, 2.45) is 0 Å². The minimum Gasteiger partial charge on any atom is -0.489 e. The van der Waals surface area contributed by atoms with Crippen LogP contribution in [0.15, 0.2) is 78.9 Å². The molecule has 0 radical (unpaired) electrons. The van der Waals surface area contributed by atoms with E-state index in [0.29, 0.717) is 35.6 Å². The average Bonchev–Trinajstić information content (AvgIpc) is 3.39. The number of esters is 1. The Morgan fingerprint density at radius 1 is 0.970 bits per heavy atom. The predicted octanol–water partition coefficient (Wildman–Crippen LogP) is 4.06. The van der Waals surface area contributed by atoms with Crippen molar-refractivity contribution in [3.05, 3.63) is 95.6 Å². The predicted molar refractivity (Wildman–Crippen MR) is 120 cm³/mol. The molecule has 0 spiro atoms. The summed E-state index contributed by atoms with van der Waals surface area (Å²) in [5, 5.41) is 2.87. The van der Waals surface area contributed by atoms with Crippen LogP contribution in [0.3, 0.4) is 0 Å². The fourth-order valence-corrected chi connectivity index (χ4v) is 4.19. The van der Waals surface area contributed by atoms with E-state index in [-0.39, 0.29) is 18.2 Å². The summed E-state index contributed by atoms with van der Waals surface area (Å²) in [5.74, 6) is -0.335. The molecule has 0 saturated carbocycles. The molecule has 1 saturated heterocycles. The van der Waals surface area contributed by atoms with Gasteiger partial charge in [0.05, 0.1) is 5.56 Å². The first-order valence-electron chi connectivity index (χ1n) is 10.8. The summed E-state index contributed by atoms with van der Waals surface area (Å²) in [4.78, 5) is 39.3. The number of ether oxygens (including phenoxy) is 2. The Bertz CT molecular complexity index is 1190. The van der Waals surface area contributed by atoms with E-state index < -0.39 is 18.2 Å². The monoisotopic (exact) mass is 442 g/mol. The maximum atomic E-state index is 13.0. The van der Waals surface area contributed by atoms with Crippen LogP contribution in [0.4, 0.5) is 5.69 Å². The van der Waals surface area contributed by atoms with Gasteiger partial charge in [0.1, 0.15) is 18.4 Å². The van der Waals surface area contributed by atoms with Crippen molar-refractivity contribution in [1.29, 1.82) is 0 Å². The Balaban J connectivity index is 1.25. The molecule has 2 amide bonds. The van der Waals surface area contributed by atoms with Gasteiger partial charge in [-0.2, -0.15) is 0 Å². The van der Waals surface area contributed by atoms with Crippen molar-refractivity contribution >= 4 is 23.5 Å². The molecule has 2 aliphatic heterocycles. The number of nitrogens with one attached hydrogen (secondary N) is 1. The number of rotatable bonds is 6. The van der Waals surface area contributed by atoms with Crippen LogP contribution < -0.4 is 10.1 Å². The largest absolute Gasteiger partial charge is 0.489 e. The van der Waals surface area contributed by atoms with Gasteiger partial charge in [0.15, 0.2) is 0 Å². The maximum absolute atomic E-state index is 13.0. The molecule has 0 bridgehead atoms. The van der Waals surface area contributed by atoms with E-state index in [9.17, 15) is 14.4 Å². The van der Waals surface area contributed by atoms with Gasteiger partial charge in [0, 0.05) is 17.7 Å². The van der Waals surface area contributed by atoms with Crippen molar-refractivity contribution in [1.82, 2.24) is 4.90 Å².